The molecule has 9 aliphatic rings. The summed E-state index contributed by atoms with van der Waals surface area (Å²) in [7, 11) is 0. The fourth-order valence-electron chi connectivity index (χ4n) is 14.5. The van der Waals surface area contributed by atoms with Crippen molar-refractivity contribution in [2.45, 2.75) is 233 Å². The predicted octanol–water partition coefficient (Wildman–Crippen LogP) is -2.94. The van der Waals surface area contributed by atoms with Crippen LogP contribution >= 0.6 is 0 Å². The van der Waals surface area contributed by atoms with Crippen LogP contribution in [-0.4, -0.2) is 239 Å². The Morgan fingerprint density at radius 1 is 0.649 bits per heavy atom. The highest BCUT2D eigenvalue weighted by molar-refractivity contribution is 5.34. The van der Waals surface area contributed by atoms with E-state index in [4.69, 9.17) is 42.6 Å². The maximum atomic E-state index is 13.1. The fraction of sp³-hybridized carbons (Fsp3) is 0.922. The van der Waals surface area contributed by atoms with Gasteiger partial charge in [0.15, 0.2) is 25.2 Å². The summed E-state index contributed by atoms with van der Waals surface area (Å²) < 4.78 is 54.1. The first kappa shape index (κ1) is 57.1. The van der Waals surface area contributed by atoms with Crippen LogP contribution in [0.3, 0.4) is 0 Å². The van der Waals surface area contributed by atoms with Gasteiger partial charge in [0.1, 0.15) is 97.7 Å². The van der Waals surface area contributed by atoms with Gasteiger partial charge in [0.25, 0.3) is 0 Å². The molecule has 424 valence electrons. The first-order valence-electron chi connectivity index (χ1n) is 26.6. The smallest absolute Gasteiger partial charge is 0.187 e. The van der Waals surface area contributed by atoms with Gasteiger partial charge < -0.3 is 114 Å². The number of rotatable bonds is 15. The minimum absolute atomic E-state index is 0.00411. The zero-order valence-electron chi connectivity index (χ0n) is 42.7. The van der Waals surface area contributed by atoms with Gasteiger partial charge >= 0.3 is 0 Å². The van der Waals surface area contributed by atoms with Crippen LogP contribution in [0, 0.1) is 34.5 Å². The van der Waals surface area contributed by atoms with Crippen LogP contribution in [0.5, 0.6) is 0 Å². The summed E-state index contributed by atoms with van der Waals surface area (Å²) in [4.78, 5) is 0. The lowest BCUT2D eigenvalue weighted by molar-refractivity contribution is -0.369. The van der Waals surface area contributed by atoms with Crippen molar-refractivity contribution >= 4 is 0 Å². The summed E-state index contributed by atoms with van der Waals surface area (Å²) in [5.74, 6) is 0.900. The van der Waals surface area contributed by atoms with Gasteiger partial charge in [-0.3, -0.25) is 0 Å². The lowest BCUT2D eigenvalue weighted by Crippen LogP contribution is -2.64. The second kappa shape index (κ2) is 22.1. The normalized spacial score (nSPS) is 52.9. The largest absolute Gasteiger partial charge is 0.494 e. The number of aliphatic hydroxyl groups is 14. The van der Waals surface area contributed by atoms with Crippen molar-refractivity contribution in [1.82, 2.24) is 0 Å². The SMILES string of the molecule is CC1=C(CC[C@@H](C)CO[C@@H]2O[C@H](CO)[C@@H](O)[C@H](O)[C@H]2O[C@@H]2O[C@H](CO)[C@@H](O)[C@H](O)[C@H]2O)O[C@@H]2C[C@]3(O)[C@H]4CC=C5C[C@@H](O[C@@H]6O[C@H](CO)[C@@H](O)[C@H](O)[C@H]6O[C@@H]6O[C@@H](C)[C@H](O)[C@@H](O)[C@H]6O)CC[C@]5(C)[C@H]4CC[C@]3(C)[C@H]12. The van der Waals surface area contributed by atoms with Gasteiger partial charge in [-0.15, -0.1) is 0 Å². The summed E-state index contributed by atoms with van der Waals surface area (Å²) in [6, 6.07) is 0. The van der Waals surface area contributed by atoms with E-state index in [-0.39, 0.29) is 41.8 Å². The molecule has 0 aromatic carbocycles. The van der Waals surface area contributed by atoms with Crippen LogP contribution < -0.4 is 0 Å². The van der Waals surface area contributed by atoms with Crippen LogP contribution in [-0.2, 0) is 42.6 Å². The molecule has 0 bridgehead atoms. The summed E-state index contributed by atoms with van der Waals surface area (Å²) in [6.45, 7) is 8.15. The van der Waals surface area contributed by atoms with Gasteiger partial charge in [0, 0.05) is 24.2 Å². The molecular weight excluding hydrogens is 981 g/mol. The maximum absolute atomic E-state index is 13.1. The molecule has 0 aromatic heterocycles. The predicted molar refractivity (Wildman–Crippen MR) is 250 cm³/mol. The van der Waals surface area contributed by atoms with E-state index >= 15 is 0 Å². The van der Waals surface area contributed by atoms with Crippen molar-refractivity contribution in [3.8, 4) is 0 Å². The third-order valence-corrected chi connectivity index (χ3v) is 19.1. The van der Waals surface area contributed by atoms with E-state index in [1.807, 2.05) is 6.92 Å². The molecule has 7 fully saturated rings. The molecule has 5 heterocycles. The summed E-state index contributed by atoms with van der Waals surface area (Å²) in [6.07, 6.45) is -22.2. The number of allylic oxidation sites excluding steroid dienone is 2. The van der Waals surface area contributed by atoms with Gasteiger partial charge in [-0.05, 0) is 87.5 Å². The Balaban J connectivity index is 0.823. The van der Waals surface area contributed by atoms with Crippen molar-refractivity contribution in [2.75, 3.05) is 26.4 Å². The molecule has 3 saturated carbocycles. The fourth-order valence-corrected chi connectivity index (χ4v) is 14.5. The molecule has 4 saturated heterocycles. The number of fused-ring (bicyclic) bond motifs is 7. The first-order chi connectivity index (χ1) is 35.0. The van der Waals surface area contributed by atoms with Gasteiger partial charge in [-0.1, -0.05) is 32.4 Å². The number of ether oxygens (including phenoxy) is 9. The van der Waals surface area contributed by atoms with Gasteiger partial charge in [0.05, 0.1) is 50.0 Å². The molecule has 74 heavy (non-hydrogen) atoms. The zero-order valence-corrected chi connectivity index (χ0v) is 42.7. The molecule has 29 atom stereocenters. The van der Waals surface area contributed by atoms with Crippen molar-refractivity contribution in [3.05, 3.63) is 23.0 Å². The molecule has 9 rings (SSSR count). The van der Waals surface area contributed by atoms with Crippen molar-refractivity contribution in [2.24, 2.45) is 34.5 Å². The van der Waals surface area contributed by atoms with E-state index in [0.29, 0.717) is 38.5 Å². The molecule has 4 aliphatic carbocycles. The average molecular weight is 1060 g/mol. The molecule has 14 N–H and O–H groups in total. The Hall–Kier alpha value is -1.60. The summed E-state index contributed by atoms with van der Waals surface area (Å²) in [5, 5.41) is 149. The monoisotopic (exact) mass is 1060 g/mol. The van der Waals surface area contributed by atoms with Gasteiger partial charge in [0.2, 0.25) is 0 Å². The minimum atomic E-state index is -1.79. The highest BCUT2D eigenvalue weighted by Gasteiger charge is 2.71. The highest BCUT2D eigenvalue weighted by atomic mass is 16.8. The topological polar surface area (TPSA) is 366 Å². The second-order valence-corrected chi connectivity index (χ2v) is 23.4. The minimum Gasteiger partial charge on any atom is -0.494 e. The average Bonchev–Trinajstić information content (AvgIpc) is 3.83. The Labute approximate surface area is 430 Å². The van der Waals surface area contributed by atoms with Crippen LogP contribution in [0.2, 0.25) is 0 Å². The van der Waals surface area contributed by atoms with Crippen LogP contribution in [0.1, 0.15) is 92.4 Å². The van der Waals surface area contributed by atoms with E-state index in [0.717, 1.165) is 30.6 Å². The molecule has 23 nitrogen and oxygen atoms in total. The molecule has 0 aromatic rings. The van der Waals surface area contributed by atoms with E-state index in [9.17, 15) is 71.5 Å². The van der Waals surface area contributed by atoms with Gasteiger partial charge in [-0.25, -0.2) is 0 Å². The Morgan fingerprint density at radius 3 is 1.82 bits per heavy atom. The van der Waals surface area contributed by atoms with E-state index in [1.165, 1.54) is 12.5 Å². The molecule has 5 aliphatic heterocycles. The molecule has 0 radical (unpaired) electrons. The molecule has 0 amide bonds. The van der Waals surface area contributed by atoms with Crippen molar-refractivity contribution < 1.29 is 114 Å². The zero-order chi connectivity index (χ0) is 53.5. The van der Waals surface area contributed by atoms with Crippen molar-refractivity contribution in [1.29, 1.82) is 0 Å². The third kappa shape index (κ3) is 9.86. The van der Waals surface area contributed by atoms with E-state index in [1.54, 1.807) is 0 Å². The molecule has 0 unspecified atom stereocenters. The quantitative estimate of drug-likeness (QED) is 0.0730. The van der Waals surface area contributed by atoms with Crippen LogP contribution in [0.4, 0.5) is 0 Å². The summed E-state index contributed by atoms with van der Waals surface area (Å²) >= 11 is 0. The lowest BCUT2D eigenvalue weighted by atomic mass is 9.45. The Bertz CT molecular complexity index is 2000. The summed E-state index contributed by atoms with van der Waals surface area (Å²) in [5.41, 5.74) is 0.585. The first-order valence-corrected chi connectivity index (χ1v) is 26.6. The van der Waals surface area contributed by atoms with Crippen LogP contribution in [0.15, 0.2) is 23.0 Å². The highest BCUT2D eigenvalue weighted by Crippen LogP contribution is 2.70. The lowest BCUT2D eigenvalue weighted by Gasteiger charge is -2.61. The standard InChI is InChI=1S/C51H82O23/c1-20(19-66-47-43(39(61)35(57)30(17-53)71-47)73-46-42(64)38(60)34(56)29(16-52)70-46)6-9-27-21(2)32-28(69-27)15-51(65)26-8-7-23-14-24(10-12-49(23,4)25(26)11-13-50(32,51)5)68-48-44(40(62)36(58)31(18-54)72-48)74-45-41(63)37(59)33(55)22(3)67-45/h7,20,22,24-26,28-48,52-65H,6,8-19H2,1-5H3/t20-,22+,24+,25+,26+,28-,29-,30-,31-,32-,33+,34-,35-,36-,37-,38+,39+,40+,41-,42-,43-,44-,45+,46+,47-,48-,49+,50-,51+/m1/s1. The van der Waals surface area contributed by atoms with Gasteiger partial charge in [-0.2, -0.15) is 0 Å². The Kier molecular flexibility index (Phi) is 17.1. The second-order valence-electron chi connectivity index (χ2n) is 23.4. The Morgan fingerprint density at radius 2 is 1.20 bits per heavy atom. The molecular formula is C51H82O23. The number of hydrogen-bond acceptors (Lipinski definition) is 23. The molecule has 23 heteroatoms. The number of hydrogen-bond donors (Lipinski definition) is 14. The van der Waals surface area contributed by atoms with E-state index < -0.39 is 160 Å². The van der Waals surface area contributed by atoms with Crippen molar-refractivity contribution in [3.63, 3.8) is 0 Å². The third-order valence-electron chi connectivity index (χ3n) is 19.1. The maximum Gasteiger partial charge on any atom is 0.187 e. The van der Waals surface area contributed by atoms with Crippen LogP contribution in [0.25, 0.3) is 0 Å². The van der Waals surface area contributed by atoms with E-state index in [2.05, 4.69) is 26.8 Å². The number of aliphatic hydroxyl groups excluding tert-OH is 13. The molecule has 0 spiro atoms.